The number of rotatable bonds is 2. The first-order valence-corrected chi connectivity index (χ1v) is 5.50. The molecule has 0 aliphatic rings. The summed E-state index contributed by atoms with van der Waals surface area (Å²) in [5, 5.41) is 1.82. The van der Waals surface area contributed by atoms with Gasteiger partial charge >= 0.3 is 0 Å². The zero-order chi connectivity index (χ0) is 14.9. The molecule has 1 aromatic carbocycles. The van der Waals surface area contributed by atoms with E-state index >= 15 is 0 Å². The Morgan fingerprint density at radius 3 is 2.00 bits per heavy atom. The number of anilines is 1. The van der Waals surface area contributed by atoms with Gasteiger partial charge < -0.3 is 5.32 Å². The Bertz CT molecular complexity index is 645. The average Bonchev–Trinajstić information content (AvgIpc) is 2.32. The van der Waals surface area contributed by atoms with Gasteiger partial charge in [-0.3, -0.25) is 4.79 Å². The van der Waals surface area contributed by atoms with E-state index in [0.29, 0.717) is 0 Å². The normalized spacial score (nSPS) is 10.4. The topological polar surface area (TPSA) is 33.0 Å². The van der Waals surface area contributed by atoms with E-state index in [9.17, 15) is 22.4 Å². The molecule has 1 aromatic heterocycles. The molecule has 0 radical (unpaired) electrons. The van der Waals surface area contributed by atoms with Crippen molar-refractivity contribution in [2.45, 2.75) is 0 Å². The number of aromatic nitrogens is 1. The molecule has 0 spiro atoms. The summed E-state index contributed by atoms with van der Waals surface area (Å²) in [6.07, 6.45) is 1.74. The molecule has 20 heavy (non-hydrogen) atoms. The highest BCUT2D eigenvalue weighted by Crippen LogP contribution is 2.20. The Labute approximate surface area is 111 Å². The summed E-state index contributed by atoms with van der Waals surface area (Å²) in [6, 6.07) is 2.93. The van der Waals surface area contributed by atoms with Crippen molar-refractivity contribution in [2.24, 2.45) is 7.05 Å². The van der Waals surface area contributed by atoms with Gasteiger partial charge in [0, 0.05) is 0 Å². The number of halogens is 4. The number of para-hydroxylation sites is 1. The standard InChI is InChI=1S/C13H8F4N2O/c1-19-5-9(16)11(10(17)6-19)13(20)18-12-7(14)3-2-4-8(12)15/h2-6H,1H3/p+1. The molecule has 0 saturated carbocycles. The zero-order valence-corrected chi connectivity index (χ0v) is 10.3. The molecule has 1 heterocycles. The smallest absolute Gasteiger partial charge is 0.262 e. The number of hydrogen-bond donors (Lipinski definition) is 1. The lowest BCUT2D eigenvalue weighted by atomic mass is 10.2. The molecule has 7 heteroatoms. The van der Waals surface area contributed by atoms with Gasteiger partial charge in [0.25, 0.3) is 5.91 Å². The van der Waals surface area contributed by atoms with Gasteiger partial charge in [0.15, 0.2) is 0 Å². The van der Waals surface area contributed by atoms with Crippen LogP contribution in [0.15, 0.2) is 30.6 Å². The molecule has 3 nitrogen and oxygen atoms in total. The van der Waals surface area contributed by atoms with Crippen molar-refractivity contribution in [3.05, 3.63) is 59.4 Å². The molecule has 0 fully saturated rings. The molecular formula is C13H9F4N2O+. The minimum absolute atomic E-state index is 0.760. The maximum Gasteiger partial charge on any atom is 0.262 e. The van der Waals surface area contributed by atoms with E-state index in [4.69, 9.17) is 0 Å². The molecule has 0 saturated heterocycles. The Morgan fingerprint density at radius 2 is 1.50 bits per heavy atom. The van der Waals surface area contributed by atoms with Crippen LogP contribution in [-0.4, -0.2) is 5.91 Å². The van der Waals surface area contributed by atoms with Gasteiger partial charge in [-0.1, -0.05) is 6.07 Å². The first-order valence-electron chi connectivity index (χ1n) is 5.50. The Balaban J connectivity index is 2.39. The maximum absolute atomic E-state index is 13.6. The van der Waals surface area contributed by atoms with Crippen molar-refractivity contribution in [3.63, 3.8) is 0 Å². The molecule has 0 atom stereocenters. The fraction of sp³-hybridized carbons (Fsp3) is 0.0769. The second-order valence-corrected chi connectivity index (χ2v) is 4.05. The van der Waals surface area contributed by atoms with Crippen LogP contribution in [-0.2, 0) is 7.05 Å². The lowest BCUT2D eigenvalue weighted by molar-refractivity contribution is -0.674. The summed E-state index contributed by atoms with van der Waals surface area (Å²) in [4.78, 5) is 11.7. The number of carbonyl (C=O) groups is 1. The molecule has 0 bridgehead atoms. The van der Waals surface area contributed by atoms with E-state index in [0.717, 1.165) is 35.2 Å². The van der Waals surface area contributed by atoms with E-state index in [-0.39, 0.29) is 0 Å². The summed E-state index contributed by atoms with van der Waals surface area (Å²) in [5.74, 6) is -5.63. The Morgan fingerprint density at radius 1 is 1.00 bits per heavy atom. The van der Waals surface area contributed by atoms with Crippen LogP contribution >= 0.6 is 0 Å². The monoisotopic (exact) mass is 285 g/mol. The van der Waals surface area contributed by atoms with Crippen molar-refractivity contribution in [3.8, 4) is 0 Å². The van der Waals surface area contributed by atoms with E-state index in [1.54, 1.807) is 0 Å². The largest absolute Gasteiger partial charge is 0.317 e. The van der Waals surface area contributed by atoms with E-state index in [1.165, 1.54) is 7.05 Å². The van der Waals surface area contributed by atoms with Gasteiger partial charge in [0.1, 0.15) is 29.9 Å². The fourth-order valence-electron chi connectivity index (χ4n) is 1.65. The molecular weight excluding hydrogens is 276 g/mol. The van der Waals surface area contributed by atoms with Gasteiger partial charge in [0.2, 0.25) is 24.0 Å². The minimum atomic E-state index is -1.27. The molecule has 0 unspecified atom stereocenters. The number of nitrogens with one attached hydrogen (secondary N) is 1. The van der Waals surface area contributed by atoms with Gasteiger partial charge in [-0.15, -0.1) is 0 Å². The summed E-state index contributed by atoms with van der Waals surface area (Å²) >= 11 is 0. The highest BCUT2D eigenvalue weighted by molar-refractivity contribution is 6.04. The van der Waals surface area contributed by atoms with Crippen molar-refractivity contribution >= 4 is 11.6 Å². The van der Waals surface area contributed by atoms with Crippen LogP contribution in [0.3, 0.4) is 0 Å². The third kappa shape index (κ3) is 2.61. The van der Waals surface area contributed by atoms with Gasteiger partial charge in [-0.25, -0.2) is 13.3 Å². The predicted molar refractivity (Wildman–Crippen MR) is 61.8 cm³/mol. The molecule has 0 aliphatic heterocycles. The van der Waals surface area contributed by atoms with Crippen molar-refractivity contribution in [1.82, 2.24) is 0 Å². The van der Waals surface area contributed by atoms with Gasteiger partial charge in [0.05, 0.1) is 0 Å². The SMILES string of the molecule is C[n+]1cc(F)c(C(=O)Nc2c(F)cccc2F)c(F)c1. The van der Waals surface area contributed by atoms with Crippen LogP contribution in [0.1, 0.15) is 10.4 Å². The third-order valence-electron chi connectivity index (χ3n) is 2.54. The van der Waals surface area contributed by atoms with E-state index < -0.39 is 40.4 Å². The highest BCUT2D eigenvalue weighted by Gasteiger charge is 2.23. The van der Waals surface area contributed by atoms with Crippen LogP contribution in [0, 0.1) is 23.3 Å². The molecule has 2 rings (SSSR count). The summed E-state index contributed by atoms with van der Waals surface area (Å²) in [7, 11) is 1.37. The Kier molecular flexibility index (Phi) is 3.69. The molecule has 1 amide bonds. The highest BCUT2D eigenvalue weighted by atomic mass is 19.1. The van der Waals surface area contributed by atoms with Crippen molar-refractivity contribution < 1.29 is 26.9 Å². The minimum Gasteiger partial charge on any atom is -0.317 e. The second-order valence-electron chi connectivity index (χ2n) is 4.05. The molecule has 2 aromatic rings. The number of carbonyl (C=O) groups excluding carboxylic acids is 1. The second kappa shape index (κ2) is 5.28. The van der Waals surface area contributed by atoms with Crippen LogP contribution in [0.4, 0.5) is 23.2 Å². The van der Waals surface area contributed by atoms with E-state index in [2.05, 4.69) is 0 Å². The first kappa shape index (κ1) is 14.0. The number of benzene rings is 1. The average molecular weight is 285 g/mol. The van der Waals surface area contributed by atoms with Gasteiger partial charge in [-0.05, 0) is 12.1 Å². The third-order valence-corrected chi connectivity index (χ3v) is 2.54. The lowest BCUT2D eigenvalue weighted by Gasteiger charge is -2.08. The number of hydrogen-bond acceptors (Lipinski definition) is 1. The molecule has 104 valence electrons. The summed E-state index contributed by atoms with van der Waals surface area (Å²) in [6.45, 7) is 0. The number of nitrogens with zero attached hydrogens (tertiary/aromatic N) is 1. The predicted octanol–water partition coefficient (Wildman–Crippen LogP) is 2.32. The van der Waals surface area contributed by atoms with Crippen molar-refractivity contribution in [1.29, 1.82) is 0 Å². The number of aryl methyl sites for hydroxylation is 1. The zero-order valence-electron chi connectivity index (χ0n) is 10.3. The van der Waals surface area contributed by atoms with Crippen LogP contribution in [0.5, 0.6) is 0 Å². The number of amides is 1. The van der Waals surface area contributed by atoms with Crippen LogP contribution in [0.25, 0.3) is 0 Å². The van der Waals surface area contributed by atoms with Crippen LogP contribution < -0.4 is 9.88 Å². The van der Waals surface area contributed by atoms with Crippen LogP contribution in [0.2, 0.25) is 0 Å². The van der Waals surface area contributed by atoms with Gasteiger partial charge in [-0.2, -0.15) is 8.78 Å². The quantitative estimate of drug-likeness (QED) is 0.666. The van der Waals surface area contributed by atoms with Crippen molar-refractivity contribution in [2.75, 3.05) is 5.32 Å². The Hall–Kier alpha value is -2.44. The first-order chi connectivity index (χ1) is 9.40. The fourth-order valence-corrected chi connectivity index (χ4v) is 1.65. The maximum atomic E-state index is 13.6. The molecule has 1 N–H and O–H groups in total. The lowest BCUT2D eigenvalue weighted by Crippen LogP contribution is -2.31. The number of pyridine rings is 1. The summed E-state index contributed by atoms with van der Waals surface area (Å²) < 4.78 is 54.9. The summed E-state index contributed by atoms with van der Waals surface area (Å²) in [5.41, 5.74) is -1.67. The van der Waals surface area contributed by atoms with E-state index in [1.807, 2.05) is 5.32 Å². The molecule has 0 aliphatic carbocycles.